The Morgan fingerprint density at radius 2 is 2.20 bits per heavy atom. The fourth-order valence-corrected chi connectivity index (χ4v) is 3.31. The average molecular weight is 284 g/mol. The predicted octanol–water partition coefficient (Wildman–Crippen LogP) is -0.0600. The second kappa shape index (κ2) is 7.36. The molecule has 6 heteroatoms. The molecule has 2 fully saturated rings. The van der Waals surface area contributed by atoms with Crippen molar-refractivity contribution in [1.29, 1.82) is 0 Å². The summed E-state index contributed by atoms with van der Waals surface area (Å²) in [5.74, 6) is 4.97. The van der Waals surface area contributed by atoms with Crippen LogP contribution in [-0.2, 0) is 9.53 Å². The van der Waals surface area contributed by atoms with Crippen molar-refractivity contribution in [3.63, 3.8) is 0 Å². The largest absolute Gasteiger partial charge is 0.364 e. The molecule has 2 aliphatic rings. The van der Waals surface area contributed by atoms with E-state index in [0.717, 1.165) is 45.4 Å². The first kappa shape index (κ1) is 15.7. The van der Waals surface area contributed by atoms with E-state index in [9.17, 15) is 4.79 Å². The van der Waals surface area contributed by atoms with Gasteiger partial charge < -0.3 is 9.64 Å². The zero-order chi connectivity index (χ0) is 14.5. The Bertz CT molecular complexity index is 326. The summed E-state index contributed by atoms with van der Waals surface area (Å²) >= 11 is 0. The highest BCUT2D eigenvalue weighted by atomic mass is 16.5. The van der Waals surface area contributed by atoms with Crippen LogP contribution in [0, 0.1) is 0 Å². The zero-order valence-corrected chi connectivity index (χ0v) is 12.7. The summed E-state index contributed by atoms with van der Waals surface area (Å²) in [7, 11) is 2.19. The van der Waals surface area contributed by atoms with E-state index in [-0.39, 0.29) is 18.1 Å². The van der Waals surface area contributed by atoms with Gasteiger partial charge in [-0.15, -0.1) is 0 Å². The van der Waals surface area contributed by atoms with Crippen molar-refractivity contribution in [2.24, 2.45) is 5.84 Å². The van der Waals surface area contributed by atoms with Crippen molar-refractivity contribution >= 4 is 5.91 Å². The molecular weight excluding hydrogens is 256 g/mol. The molecule has 6 nitrogen and oxygen atoms in total. The molecule has 0 spiro atoms. The average Bonchev–Trinajstić information content (AvgIpc) is 2.83. The first-order chi connectivity index (χ1) is 9.63. The zero-order valence-electron chi connectivity index (χ0n) is 12.7. The molecule has 3 atom stereocenters. The summed E-state index contributed by atoms with van der Waals surface area (Å²) < 4.78 is 5.83. The highest BCUT2D eigenvalue weighted by Crippen LogP contribution is 2.22. The number of nitrogens with one attached hydrogen (secondary N) is 1. The summed E-state index contributed by atoms with van der Waals surface area (Å²) in [6.45, 7) is 6.58. The third-order valence-electron chi connectivity index (χ3n) is 4.48. The molecule has 0 saturated carbocycles. The standard InChI is InChI=1S/C14H28N4O2/c1-3-11-9-17(2)7-4-8-18(11)10-12-5-6-13(20-12)14(19)16-15/h11-13H,3-10,15H2,1-2H3,(H,16,19). The molecule has 2 saturated heterocycles. The lowest BCUT2D eigenvalue weighted by molar-refractivity contribution is -0.132. The summed E-state index contributed by atoms with van der Waals surface area (Å²) in [5, 5.41) is 0. The van der Waals surface area contributed by atoms with Crippen molar-refractivity contribution in [1.82, 2.24) is 15.2 Å². The minimum atomic E-state index is -0.361. The van der Waals surface area contributed by atoms with Crippen molar-refractivity contribution in [2.75, 3.05) is 33.2 Å². The lowest BCUT2D eigenvalue weighted by Gasteiger charge is -2.32. The molecule has 0 bridgehead atoms. The lowest BCUT2D eigenvalue weighted by Crippen LogP contribution is -2.44. The van der Waals surface area contributed by atoms with E-state index in [4.69, 9.17) is 10.6 Å². The first-order valence-corrected chi connectivity index (χ1v) is 7.72. The smallest absolute Gasteiger partial charge is 0.263 e. The molecule has 0 aromatic carbocycles. The second-order valence-corrected chi connectivity index (χ2v) is 6.01. The molecule has 2 heterocycles. The lowest BCUT2D eigenvalue weighted by atomic mass is 10.1. The van der Waals surface area contributed by atoms with Gasteiger partial charge in [0.1, 0.15) is 6.10 Å². The van der Waals surface area contributed by atoms with Gasteiger partial charge in [-0.2, -0.15) is 0 Å². The Kier molecular flexibility index (Phi) is 5.77. The van der Waals surface area contributed by atoms with Gasteiger partial charge in [0, 0.05) is 19.1 Å². The topological polar surface area (TPSA) is 70.8 Å². The summed E-state index contributed by atoms with van der Waals surface area (Å²) in [4.78, 5) is 16.4. The molecule has 2 aliphatic heterocycles. The van der Waals surface area contributed by atoms with Gasteiger partial charge in [0.25, 0.3) is 5.91 Å². The fraction of sp³-hybridized carbons (Fsp3) is 0.929. The molecule has 0 aromatic rings. The van der Waals surface area contributed by atoms with Crippen LogP contribution in [0.3, 0.4) is 0 Å². The highest BCUT2D eigenvalue weighted by molar-refractivity contribution is 5.80. The van der Waals surface area contributed by atoms with Crippen molar-refractivity contribution in [2.45, 2.75) is 50.9 Å². The number of hydrogen-bond donors (Lipinski definition) is 2. The van der Waals surface area contributed by atoms with Crippen LogP contribution in [0.1, 0.15) is 32.6 Å². The van der Waals surface area contributed by atoms with Crippen molar-refractivity contribution in [3.8, 4) is 0 Å². The van der Waals surface area contributed by atoms with Crippen LogP contribution >= 0.6 is 0 Å². The normalized spacial score (nSPS) is 33.0. The van der Waals surface area contributed by atoms with Crippen LogP contribution in [0.15, 0.2) is 0 Å². The maximum atomic E-state index is 11.5. The van der Waals surface area contributed by atoms with Crippen LogP contribution in [0.4, 0.5) is 0 Å². The van der Waals surface area contributed by atoms with Crippen molar-refractivity contribution in [3.05, 3.63) is 0 Å². The van der Waals surface area contributed by atoms with Gasteiger partial charge in [-0.05, 0) is 45.8 Å². The van der Waals surface area contributed by atoms with Gasteiger partial charge in [0.05, 0.1) is 6.10 Å². The number of nitrogens with zero attached hydrogens (tertiary/aromatic N) is 2. The Morgan fingerprint density at radius 3 is 2.90 bits per heavy atom. The highest BCUT2D eigenvalue weighted by Gasteiger charge is 2.33. The monoisotopic (exact) mass is 284 g/mol. The van der Waals surface area contributed by atoms with E-state index in [1.54, 1.807) is 0 Å². The number of likely N-dealkylation sites (N-methyl/N-ethyl adjacent to an activating group) is 1. The van der Waals surface area contributed by atoms with Crippen LogP contribution < -0.4 is 11.3 Å². The Balaban J connectivity index is 1.87. The van der Waals surface area contributed by atoms with Crippen LogP contribution in [0.25, 0.3) is 0 Å². The van der Waals surface area contributed by atoms with E-state index in [0.29, 0.717) is 6.04 Å². The van der Waals surface area contributed by atoms with Gasteiger partial charge in [-0.1, -0.05) is 6.92 Å². The van der Waals surface area contributed by atoms with Crippen LogP contribution in [0.5, 0.6) is 0 Å². The van der Waals surface area contributed by atoms with Gasteiger partial charge in [-0.25, -0.2) is 5.84 Å². The molecular formula is C14H28N4O2. The van der Waals surface area contributed by atoms with E-state index >= 15 is 0 Å². The predicted molar refractivity (Wildman–Crippen MR) is 78.0 cm³/mol. The quantitative estimate of drug-likeness (QED) is 0.430. The van der Waals surface area contributed by atoms with E-state index in [1.807, 2.05) is 0 Å². The molecule has 0 aromatic heterocycles. The minimum Gasteiger partial charge on any atom is -0.364 e. The fourth-order valence-electron chi connectivity index (χ4n) is 3.31. The van der Waals surface area contributed by atoms with E-state index in [1.165, 1.54) is 6.42 Å². The number of hydrazine groups is 1. The number of amides is 1. The molecule has 1 amide bonds. The number of carbonyl (C=O) groups excluding carboxylic acids is 1. The molecule has 0 aliphatic carbocycles. The maximum absolute atomic E-state index is 11.5. The Hall–Kier alpha value is -0.690. The second-order valence-electron chi connectivity index (χ2n) is 6.01. The summed E-state index contributed by atoms with van der Waals surface area (Å²) in [6, 6.07) is 0.591. The Morgan fingerprint density at radius 1 is 1.40 bits per heavy atom. The molecule has 3 unspecified atom stereocenters. The number of nitrogens with two attached hydrogens (primary N) is 1. The Labute approximate surface area is 121 Å². The third-order valence-corrected chi connectivity index (χ3v) is 4.48. The third kappa shape index (κ3) is 3.91. The minimum absolute atomic E-state index is 0.162. The van der Waals surface area contributed by atoms with Crippen molar-refractivity contribution < 1.29 is 9.53 Å². The molecule has 0 radical (unpaired) electrons. The number of carbonyl (C=O) groups is 1. The molecule has 3 N–H and O–H groups in total. The van der Waals surface area contributed by atoms with E-state index < -0.39 is 0 Å². The molecule has 116 valence electrons. The van der Waals surface area contributed by atoms with Gasteiger partial charge in [0.15, 0.2) is 0 Å². The SMILES string of the molecule is CCC1CN(C)CCCN1CC1CCC(C(=O)NN)O1. The molecule has 2 rings (SSSR count). The van der Waals surface area contributed by atoms with Gasteiger partial charge in [-0.3, -0.25) is 15.1 Å². The number of hydrogen-bond acceptors (Lipinski definition) is 5. The van der Waals surface area contributed by atoms with E-state index in [2.05, 4.69) is 29.2 Å². The van der Waals surface area contributed by atoms with Gasteiger partial charge in [0.2, 0.25) is 0 Å². The first-order valence-electron chi connectivity index (χ1n) is 7.72. The van der Waals surface area contributed by atoms with Gasteiger partial charge >= 0.3 is 0 Å². The number of ether oxygens (including phenoxy) is 1. The summed E-state index contributed by atoms with van der Waals surface area (Å²) in [5.41, 5.74) is 2.18. The maximum Gasteiger partial charge on any atom is 0.263 e. The summed E-state index contributed by atoms with van der Waals surface area (Å²) in [6.07, 6.45) is 3.88. The number of rotatable bonds is 4. The van der Waals surface area contributed by atoms with Crippen LogP contribution in [-0.4, -0.2) is 67.2 Å². The molecule has 20 heavy (non-hydrogen) atoms. The van der Waals surface area contributed by atoms with Crippen LogP contribution in [0.2, 0.25) is 0 Å².